The lowest BCUT2D eigenvalue weighted by atomic mass is 9.94. The van der Waals surface area contributed by atoms with Crippen molar-refractivity contribution >= 4 is 17.2 Å². The first-order valence-corrected chi connectivity index (χ1v) is 8.34. The van der Waals surface area contributed by atoms with E-state index in [0.717, 1.165) is 36.6 Å². The van der Waals surface area contributed by atoms with Crippen LogP contribution < -0.4 is 10.1 Å². The summed E-state index contributed by atoms with van der Waals surface area (Å²) in [6.45, 7) is 1.98. The number of rotatable bonds is 3. The molecule has 2 aliphatic heterocycles. The lowest BCUT2D eigenvalue weighted by Gasteiger charge is -2.39. The van der Waals surface area contributed by atoms with Gasteiger partial charge in [-0.05, 0) is 38.6 Å². The highest BCUT2D eigenvalue weighted by Crippen LogP contribution is 2.28. The Labute approximate surface area is 124 Å². The van der Waals surface area contributed by atoms with Crippen molar-refractivity contribution in [1.29, 1.82) is 0 Å². The minimum atomic E-state index is 0.178. The summed E-state index contributed by atoms with van der Waals surface area (Å²) >= 11 is 1.48. The van der Waals surface area contributed by atoms with E-state index in [0.29, 0.717) is 12.1 Å². The van der Waals surface area contributed by atoms with Gasteiger partial charge in [0.25, 0.3) is 5.91 Å². The molecule has 0 bridgehead atoms. The van der Waals surface area contributed by atoms with Crippen molar-refractivity contribution in [2.24, 2.45) is 0 Å². The molecule has 0 spiro atoms. The SMILES string of the molecule is COc1csc(C(=O)N2CCCCC2C2CCCN2)c1. The Balaban J connectivity index is 1.76. The fourth-order valence-corrected chi connectivity index (χ4v) is 4.16. The molecule has 1 aromatic heterocycles. The first-order valence-electron chi connectivity index (χ1n) is 7.46. The Morgan fingerprint density at radius 1 is 1.40 bits per heavy atom. The second kappa shape index (κ2) is 6.14. The summed E-state index contributed by atoms with van der Waals surface area (Å²) in [6.07, 6.45) is 5.92. The molecule has 1 aromatic rings. The molecule has 20 heavy (non-hydrogen) atoms. The van der Waals surface area contributed by atoms with E-state index in [9.17, 15) is 4.79 Å². The van der Waals surface area contributed by atoms with Crippen LogP contribution >= 0.6 is 11.3 Å². The molecule has 4 nitrogen and oxygen atoms in total. The van der Waals surface area contributed by atoms with Gasteiger partial charge in [-0.25, -0.2) is 0 Å². The third kappa shape index (κ3) is 2.69. The quantitative estimate of drug-likeness (QED) is 0.931. The zero-order chi connectivity index (χ0) is 13.9. The van der Waals surface area contributed by atoms with Crippen LogP contribution in [0.15, 0.2) is 11.4 Å². The average molecular weight is 294 g/mol. The average Bonchev–Trinajstić information content (AvgIpc) is 3.17. The van der Waals surface area contributed by atoms with Crippen LogP contribution in [0, 0.1) is 0 Å². The van der Waals surface area contributed by atoms with Crippen molar-refractivity contribution in [3.8, 4) is 5.75 Å². The summed E-state index contributed by atoms with van der Waals surface area (Å²) in [5, 5.41) is 5.47. The number of carbonyl (C=O) groups excluding carboxylic acids is 1. The molecule has 0 radical (unpaired) electrons. The van der Waals surface area contributed by atoms with Crippen molar-refractivity contribution in [2.45, 2.75) is 44.2 Å². The lowest BCUT2D eigenvalue weighted by molar-refractivity contribution is 0.0568. The van der Waals surface area contributed by atoms with Crippen molar-refractivity contribution in [2.75, 3.05) is 20.2 Å². The smallest absolute Gasteiger partial charge is 0.264 e. The maximum Gasteiger partial charge on any atom is 0.264 e. The monoisotopic (exact) mass is 294 g/mol. The Hall–Kier alpha value is -1.07. The van der Waals surface area contributed by atoms with Crippen molar-refractivity contribution < 1.29 is 9.53 Å². The summed E-state index contributed by atoms with van der Waals surface area (Å²) < 4.78 is 5.19. The topological polar surface area (TPSA) is 41.6 Å². The Morgan fingerprint density at radius 3 is 3.00 bits per heavy atom. The van der Waals surface area contributed by atoms with Gasteiger partial charge in [0.15, 0.2) is 0 Å². The number of amides is 1. The normalized spacial score (nSPS) is 26.8. The van der Waals surface area contributed by atoms with Crippen LogP contribution in [0.2, 0.25) is 0 Å². The van der Waals surface area contributed by atoms with E-state index in [-0.39, 0.29) is 5.91 Å². The molecule has 2 unspecified atom stereocenters. The zero-order valence-corrected chi connectivity index (χ0v) is 12.7. The number of nitrogens with one attached hydrogen (secondary N) is 1. The molecule has 0 saturated carbocycles. The van der Waals surface area contributed by atoms with Crippen LogP contribution in [0.5, 0.6) is 5.75 Å². The molecule has 2 fully saturated rings. The fourth-order valence-electron chi connectivity index (χ4n) is 3.35. The first kappa shape index (κ1) is 13.9. The van der Waals surface area contributed by atoms with Gasteiger partial charge in [0, 0.05) is 30.1 Å². The second-order valence-electron chi connectivity index (χ2n) is 5.62. The molecule has 2 aliphatic rings. The number of methoxy groups -OCH3 is 1. The highest BCUT2D eigenvalue weighted by molar-refractivity contribution is 7.12. The largest absolute Gasteiger partial charge is 0.496 e. The first-order chi connectivity index (χ1) is 9.79. The number of hydrogen-bond donors (Lipinski definition) is 1. The van der Waals surface area contributed by atoms with Crippen LogP contribution in [0.4, 0.5) is 0 Å². The van der Waals surface area contributed by atoms with Crippen LogP contribution in [0.25, 0.3) is 0 Å². The number of likely N-dealkylation sites (tertiary alicyclic amines) is 1. The molecular weight excluding hydrogens is 272 g/mol. The van der Waals surface area contributed by atoms with Crippen LogP contribution in [-0.4, -0.2) is 43.1 Å². The number of ether oxygens (including phenoxy) is 1. The van der Waals surface area contributed by atoms with E-state index >= 15 is 0 Å². The maximum atomic E-state index is 12.7. The van der Waals surface area contributed by atoms with Gasteiger partial charge in [0.1, 0.15) is 5.75 Å². The highest BCUT2D eigenvalue weighted by atomic mass is 32.1. The third-order valence-electron chi connectivity index (χ3n) is 4.39. The van der Waals surface area contributed by atoms with E-state index in [1.165, 1.54) is 30.6 Å². The van der Waals surface area contributed by atoms with Crippen LogP contribution in [0.3, 0.4) is 0 Å². The summed E-state index contributed by atoms with van der Waals surface area (Å²) in [5.74, 6) is 0.961. The molecule has 5 heteroatoms. The van der Waals surface area contributed by atoms with Crippen LogP contribution in [0.1, 0.15) is 41.8 Å². The molecular formula is C15H22N2O2S. The van der Waals surface area contributed by atoms with Gasteiger partial charge in [0.05, 0.1) is 12.0 Å². The molecule has 0 aromatic carbocycles. The van der Waals surface area contributed by atoms with Crippen molar-refractivity contribution in [1.82, 2.24) is 10.2 Å². The number of nitrogens with zero attached hydrogens (tertiary/aromatic N) is 1. The Bertz CT molecular complexity index is 468. The minimum Gasteiger partial charge on any atom is -0.496 e. The zero-order valence-electron chi connectivity index (χ0n) is 11.9. The van der Waals surface area contributed by atoms with Crippen molar-refractivity contribution in [3.05, 3.63) is 16.3 Å². The number of hydrogen-bond acceptors (Lipinski definition) is 4. The standard InChI is InChI=1S/C15H22N2O2S/c1-19-11-9-14(20-10-11)15(18)17-8-3-2-6-13(17)12-5-4-7-16-12/h9-10,12-13,16H,2-8H2,1H3. The maximum absolute atomic E-state index is 12.7. The molecule has 0 aliphatic carbocycles. The van der Waals surface area contributed by atoms with Gasteiger partial charge < -0.3 is 15.0 Å². The van der Waals surface area contributed by atoms with Crippen LogP contribution in [-0.2, 0) is 0 Å². The summed E-state index contributed by atoms with van der Waals surface area (Å²) in [6, 6.07) is 2.72. The minimum absolute atomic E-state index is 0.178. The van der Waals surface area contributed by atoms with Gasteiger partial charge in [0.2, 0.25) is 0 Å². The second-order valence-corrected chi connectivity index (χ2v) is 6.53. The Kier molecular flexibility index (Phi) is 4.27. The third-order valence-corrected chi connectivity index (χ3v) is 5.29. The molecule has 1 amide bonds. The number of piperidine rings is 1. The Morgan fingerprint density at radius 2 is 2.30 bits per heavy atom. The molecule has 3 heterocycles. The molecule has 2 atom stereocenters. The summed E-state index contributed by atoms with van der Waals surface area (Å²) in [5.41, 5.74) is 0. The highest BCUT2D eigenvalue weighted by Gasteiger charge is 2.34. The van der Waals surface area contributed by atoms with Gasteiger partial charge >= 0.3 is 0 Å². The molecule has 1 N–H and O–H groups in total. The molecule has 3 rings (SSSR count). The number of carbonyl (C=O) groups is 1. The van der Waals surface area contributed by atoms with Crippen molar-refractivity contribution in [3.63, 3.8) is 0 Å². The van der Waals surface area contributed by atoms with E-state index in [1.54, 1.807) is 7.11 Å². The summed E-state index contributed by atoms with van der Waals surface area (Å²) in [7, 11) is 1.64. The van der Waals surface area contributed by atoms with E-state index in [4.69, 9.17) is 4.74 Å². The van der Waals surface area contributed by atoms with Gasteiger partial charge in [-0.15, -0.1) is 11.3 Å². The predicted molar refractivity (Wildman–Crippen MR) is 80.6 cm³/mol. The van der Waals surface area contributed by atoms with Gasteiger partial charge in [-0.2, -0.15) is 0 Å². The number of thiophene rings is 1. The van der Waals surface area contributed by atoms with E-state index < -0.39 is 0 Å². The molecule has 110 valence electrons. The molecule has 2 saturated heterocycles. The van der Waals surface area contributed by atoms with Gasteiger partial charge in [-0.1, -0.05) is 0 Å². The van der Waals surface area contributed by atoms with E-state index in [2.05, 4.69) is 10.2 Å². The van der Waals surface area contributed by atoms with E-state index in [1.807, 2.05) is 11.4 Å². The predicted octanol–water partition coefficient (Wildman–Crippen LogP) is 2.50. The lowest BCUT2D eigenvalue weighted by Crippen LogP contribution is -2.52. The van der Waals surface area contributed by atoms with Gasteiger partial charge in [-0.3, -0.25) is 4.79 Å². The fraction of sp³-hybridized carbons (Fsp3) is 0.667. The summed E-state index contributed by atoms with van der Waals surface area (Å²) in [4.78, 5) is 15.6.